The van der Waals surface area contributed by atoms with Gasteiger partial charge in [0.05, 0.1) is 13.0 Å². The Balaban J connectivity index is 1.90. The monoisotopic (exact) mass is 275 g/mol. The maximum absolute atomic E-state index is 11.3. The first-order valence-electron chi connectivity index (χ1n) is 7.18. The van der Waals surface area contributed by atoms with Gasteiger partial charge in [0.15, 0.2) is 0 Å². The Hall–Kier alpha value is -1.55. The number of aliphatic carboxylic acids is 1. The van der Waals surface area contributed by atoms with E-state index in [-0.39, 0.29) is 5.92 Å². The third kappa shape index (κ3) is 2.18. The van der Waals surface area contributed by atoms with Crippen LogP contribution in [0.3, 0.4) is 0 Å². The minimum absolute atomic E-state index is 0.238. The summed E-state index contributed by atoms with van der Waals surface area (Å²) >= 11 is 0. The van der Waals surface area contributed by atoms with Crippen molar-refractivity contribution in [1.29, 1.82) is 0 Å². The predicted molar refractivity (Wildman–Crippen MR) is 76.1 cm³/mol. The maximum atomic E-state index is 11.3. The van der Waals surface area contributed by atoms with Gasteiger partial charge in [-0.1, -0.05) is 12.1 Å². The van der Waals surface area contributed by atoms with Crippen LogP contribution in [0.15, 0.2) is 18.2 Å². The van der Waals surface area contributed by atoms with Crippen LogP contribution in [0.5, 0.6) is 5.75 Å². The summed E-state index contributed by atoms with van der Waals surface area (Å²) in [7, 11) is 3.76. The van der Waals surface area contributed by atoms with Gasteiger partial charge in [0.2, 0.25) is 0 Å². The number of nitrogens with zero attached hydrogens (tertiary/aromatic N) is 1. The maximum Gasteiger partial charge on any atom is 0.307 e. The van der Waals surface area contributed by atoms with Gasteiger partial charge < -0.3 is 14.7 Å². The standard InChI is InChI=1S/C16H21NO3/c1-17-9-12(16(18)19)6-11-7-13-10(8-14(11)17)4-3-5-15(13)20-2/h3-5,11-12,14H,6-9H2,1-2H3,(H,18,19)/t11-,12-,14-/m0/s1. The molecule has 1 heterocycles. The number of benzene rings is 1. The van der Waals surface area contributed by atoms with E-state index in [0.29, 0.717) is 18.5 Å². The van der Waals surface area contributed by atoms with Crippen molar-refractivity contribution in [3.8, 4) is 5.75 Å². The van der Waals surface area contributed by atoms with Crippen LogP contribution in [-0.2, 0) is 17.6 Å². The van der Waals surface area contributed by atoms with Crippen LogP contribution in [0.2, 0.25) is 0 Å². The molecule has 3 atom stereocenters. The number of likely N-dealkylation sites (tertiary alicyclic amines) is 1. The number of piperidine rings is 1. The molecule has 4 nitrogen and oxygen atoms in total. The Kier molecular flexibility index (Phi) is 3.42. The Labute approximate surface area is 119 Å². The molecule has 0 amide bonds. The molecule has 0 radical (unpaired) electrons. The summed E-state index contributed by atoms with van der Waals surface area (Å²) in [5, 5.41) is 9.29. The number of carbonyl (C=O) groups is 1. The number of hydrogen-bond donors (Lipinski definition) is 1. The SMILES string of the molecule is COc1cccc2c1C[C@@H]1C[C@H](C(=O)O)CN(C)[C@H]1C2. The zero-order chi connectivity index (χ0) is 14.3. The lowest BCUT2D eigenvalue weighted by atomic mass is 9.72. The zero-order valence-corrected chi connectivity index (χ0v) is 12.0. The summed E-state index contributed by atoms with van der Waals surface area (Å²) in [6.45, 7) is 0.663. The van der Waals surface area contributed by atoms with E-state index in [1.165, 1.54) is 11.1 Å². The molecular weight excluding hydrogens is 254 g/mol. The van der Waals surface area contributed by atoms with Crippen molar-refractivity contribution in [2.45, 2.75) is 25.3 Å². The van der Waals surface area contributed by atoms with Crippen LogP contribution in [0, 0.1) is 11.8 Å². The fourth-order valence-corrected chi connectivity index (χ4v) is 3.87. The molecule has 1 aromatic carbocycles. The first kappa shape index (κ1) is 13.4. The van der Waals surface area contributed by atoms with E-state index in [1.807, 2.05) is 12.1 Å². The van der Waals surface area contributed by atoms with Crippen molar-refractivity contribution in [2.24, 2.45) is 11.8 Å². The quantitative estimate of drug-likeness (QED) is 0.894. The molecule has 1 aromatic rings. The van der Waals surface area contributed by atoms with Crippen LogP contribution >= 0.6 is 0 Å². The van der Waals surface area contributed by atoms with Crippen LogP contribution in [0.4, 0.5) is 0 Å². The summed E-state index contributed by atoms with van der Waals surface area (Å²) in [6.07, 6.45) is 2.71. The van der Waals surface area contributed by atoms with E-state index in [2.05, 4.69) is 18.0 Å². The van der Waals surface area contributed by atoms with Crippen molar-refractivity contribution < 1.29 is 14.6 Å². The number of rotatable bonds is 2. The van der Waals surface area contributed by atoms with Crippen LogP contribution < -0.4 is 4.74 Å². The second kappa shape index (κ2) is 5.09. The van der Waals surface area contributed by atoms with Crippen molar-refractivity contribution in [3.05, 3.63) is 29.3 Å². The molecule has 1 saturated heterocycles. The zero-order valence-electron chi connectivity index (χ0n) is 12.0. The van der Waals surface area contributed by atoms with Gasteiger partial charge >= 0.3 is 5.97 Å². The molecule has 1 N–H and O–H groups in total. The van der Waals surface area contributed by atoms with Crippen molar-refractivity contribution in [3.63, 3.8) is 0 Å². The molecule has 0 spiro atoms. The predicted octanol–water partition coefficient (Wildman–Crippen LogP) is 1.81. The molecular formula is C16H21NO3. The van der Waals surface area contributed by atoms with E-state index in [1.54, 1.807) is 7.11 Å². The van der Waals surface area contributed by atoms with Crippen molar-refractivity contribution in [2.75, 3.05) is 20.7 Å². The highest BCUT2D eigenvalue weighted by Gasteiger charge is 2.40. The summed E-state index contributed by atoms with van der Waals surface area (Å²) in [5.41, 5.74) is 2.63. The Morgan fingerprint density at radius 2 is 2.20 bits per heavy atom. The summed E-state index contributed by atoms with van der Waals surface area (Å²) in [4.78, 5) is 13.5. The van der Waals surface area contributed by atoms with Crippen molar-refractivity contribution >= 4 is 5.97 Å². The number of carboxylic acids is 1. The van der Waals surface area contributed by atoms with Gasteiger partial charge in [-0.2, -0.15) is 0 Å². The van der Waals surface area contributed by atoms with Gasteiger partial charge in [-0.25, -0.2) is 0 Å². The molecule has 1 aliphatic carbocycles. The number of ether oxygens (including phenoxy) is 1. The molecule has 20 heavy (non-hydrogen) atoms. The molecule has 1 aliphatic heterocycles. The summed E-state index contributed by atoms with van der Waals surface area (Å²) in [5.74, 6) is 0.457. The van der Waals surface area contributed by atoms with E-state index >= 15 is 0 Å². The minimum Gasteiger partial charge on any atom is -0.496 e. The van der Waals surface area contributed by atoms with Crippen molar-refractivity contribution in [1.82, 2.24) is 4.90 Å². The molecule has 0 bridgehead atoms. The normalized spacial score (nSPS) is 29.4. The Morgan fingerprint density at radius 1 is 1.40 bits per heavy atom. The molecule has 2 aliphatic rings. The highest BCUT2D eigenvalue weighted by atomic mass is 16.5. The van der Waals surface area contributed by atoms with Gasteiger partial charge in [-0.3, -0.25) is 4.79 Å². The van der Waals surface area contributed by atoms with E-state index in [0.717, 1.165) is 25.0 Å². The van der Waals surface area contributed by atoms with Crippen LogP contribution in [0.1, 0.15) is 17.5 Å². The topological polar surface area (TPSA) is 49.8 Å². The van der Waals surface area contributed by atoms with Crippen LogP contribution in [-0.4, -0.2) is 42.7 Å². The molecule has 0 unspecified atom stereocenters. The van der Waals surface area contributed by atoms with Gasteiger partial charge in [0, 0.05) is 12.6 Å². The molecule has 1 fully saturated rings. The fraction of sp³-hybridized carbons (Fsp3) is 0.562. The summed E-state index contributed by atoms with van der Waals surface area (Å²) < 4.78 is 5.46. The minimum atomic E-state index is -0.666. The molecule has 108 valence electrons. The van der Waals surface area contributed by atoms with E-state index in [4.69, 9.17) is 4.74 Å². The van der Waals surface area contributed by atoms with E-state index < -0.39 is 5.97 Å². The lowest BCUT2D eigenvalue weighted by Gasteiger charge is -2.45. The number of hydrogen-bond acceptors (Lipinski definition) is 3. The average Bonchev–Trinajstić information content (AvgIpc) is 2.44. The lowest BCUT2D eigenvalue weighted by Crippen LogP contribution is -2.51. The highest BCUT2D eigenvalue weighted by Crippen LogP contribution is 2.39. The second-order valence-corrected chi connectivity index (χ2v) is 6.04. The fourth-order valence-electron chi connectivity index (χ4n) is 3.87. The lowest BCUT2D eigenvalue weighted by molar-refractivity contribution is -0.145. The molecule has 0 aromatic heterocycles. The number of carboxylic acid groups (broad SMARTS) is 1. The van der Waals surface area contributed by atoms with Crippen LogP contribution in [0.25, 0.3) is 0 Å². The van der Waals surface area contributed by atoms with Gasteiger partial charge in [0.1, 0.15) is 5.75 Å². The van der Waals surface area contributed by atoms with Gasteiger partial charge in [-0.15, -0.1) is 0 Å². The van der Waals surface area contributed by atoms with Gasteiger partial charge in [0.25, 0.3) is 0 Å². The third-order valence-electron chi connectivity index (χ3n) is 4.90. The average molecular weight is 275 g/mol. The number of methoxy groups -OCH3 is 1. The molecule has 3 rings (SSSR count). The first-order valence-corrected chi connectivity index (χ1v) is 7.18. The van der Waals surface area contributed by atoms with E-state index in [9.17, 15) is 9.90 Å². The number of fused-ring (bicyclic) bond motifs is 2. The smallest absolute Gasteiger partial charge is 0.307 e. The molecule has 4 heteroatoms. The Morgan fingerprint density at radius 3 is 2.90 bits per heavy atom. The largest absolute Gasteiger partial charge is 0.496 e. The first-order chi connectivity index (χ1) is 9.60. The van der Waals surface area contributed by atoms with Gasteiger partial charge in [-0.05, 0) is 49.4 Å². The second-order valence-electron chi connectivity index (χ2n) is 6.04. The highest BCUT2D eigenvalue weighted by molar-refractivity contribution is 5.70. The Bertz CT molecular complexity index is 528. The third-order valence-corrected chi connectivity index (χ3v) is 4.90. The number of likely N-dealkylation sites (N-methyl/N-ethyl adjacent to an activating group) is 1. The molecule has 0 saturated carbocycles. The summed E-state index contributed by atoms with van der Waals surface area (Å²) in [6, 6.07) is 6.68.